The fourth-order valence-corrected chi connectivity index (χ4v) is 3.99. The Kier molecular flexibility index (Phi) is 7.19. The quantitative estimate of drug-likeness (QED) is 0.494. The second kappa shape index (κ2) is 9.83. The summed E-state index contributed by atoms with van der Waals surface area (Å²) in [7, 11) is 0. The van der Waals surface area contributed by atoms with E-state index in [0.29, 0.717) is 36.8 Å². The Morgan fingerprint density at radius 3 is 2.57 bits per heavy atom. The topological polar surface area (TPSA) is 63.5 Å². The Hall–Kier alpha value is -2.76. The number of carbonyl (C=O) groups is 1. The van der Waals surface area contributed by atoms with Crippen LogP contribution in [0.5, 0.6) is 5.75 Å². The van der Waals surface area contributed by atoms with Crippen molar-refractivity contribution in [3.05, 3.63) is 87.2 Å². The molecular formula is C24H27ClN2O3. The van der Waals surface area contributed by atoms with E-state index in [-0.39, 0.29) is 0 Å². The molecule has 158 valence electrons. The number of nitrogens with one attached hydrogen (secondary N) is 1. The summed E-state index contributed by atoms with van der Waals surface area (Å²) in [5, 5.41) is 13.9. The van der Waals surface area contributed by atoms with Crippen molar-refractivity contribution < 1.29 is 14.6 Å². The summed E-state index contributed by atoms with van der Waals surface area (Å²) in [6, 6.07) is 15.5. The average molecular weight is 427 g/mol. The monoisotopic (exact) mass is 426 g/mol. The molecule has 6 heteroatoms. The van der Waals surface area contributed by atoms with E-state index in [9.17, 15) is 9.90 Å². The van der Waals surface area contributed by atoms with Crippen LogP contribution in [-0.4, -0.2) is 22.2 Å². The molecule has 3 aromatic rings. The number of nitrogens with zero attached hydrogens (tertiary/aromatic N) is 1. The molecule has 0 unspecified atom stereocenters. The first-order valence-electron chi connectivity index (χ1n) is 10.00. The first-order chi connectivity index (χ1) is 14.4. The van der Waals surface area contributed by atoms with Gasteiger partial charge in [-0.3, -0.25) is 0 Å². The number of rotatable bonds is 9. The van der Waals surface area contributed by atoms with Crippen LogP contribution in [0.3, 0.4) is 0 Å². The van der Waals surface area contributed by atoms with Gasteiger partial charge < -0.3 is 19.7 Å². The number of carboxylic acids is 1. The number of hydrogen-bond acceptors (Lipinski definition) is 3. The van der Waals surface area contributed by atoms with Crippen molar-refractivity contribution in [2.24, 2.45) is 0 Å². The molecule has 0 aliphatic heterocycles. The van der Waals surface area contributed by atoms with Gasteiger partial charge in [0.1, 0.15) is 5.75 Å². The van der Waals surface area contributed by atoms with Crippen LogP contribution < -0.4 is 10.1 Å². The van der Waals surface area contributed by atoms with Crippen LogP contribution in [0, 0.1) is 13.8 Å². The number of para-hydroxylation sites is 1. The molecule has 0 saturated carbocycles. The molecule has 2 aromatic carbocycles. The van der Waals surface area contributed by atoms with E-state index in [1.54, 1.807) is 0 Å². The highest BCUT2D eigenvalue weighted by molar-refractivity contribution is 6.30. The van der Waals surface area contributed by atoms with E-state index in [1.165, 1.54) is 0 Å². The number of halogens is 1. The van der Waals surface area contributed by atoms with Gasteiger partial charge in [-0.1, -0.05) is 41.9 Å². The zero-order chi connectivity index (χ0) is 21.7. The third-order valence-corrected chi connectivity index (χ3v) is 5.48. The molecule has 0 saturated heterocycles. The highest BCUT2D eigenvalue weighted by Gasteiger charge is 2.22. The second-order valence-corrected chi connectivity index (χ2v) is 7.63. The molecule has 1 heterocycles. The van der Waals surface area contributed by atoms with Gasteiger partial charge in [0.25, 0.3) is 0 Å². The summed E-state index contributed by atoms with van der Waals surface area (Å²) in [6.45, 7) is 8.00. The van der Waals surface area contributed by atoms with E-state index in [4.69, 9.17) is 16.3 Å². The average Bonchev–Trinajstić information content (AvgIpc) is 2.94. The number of aromatic nitrogens is 1. The summed E-state index contributed by atoms with van der Waals surface area (Å²) in [6.07, 6.45) is 0. The van der Waals surface area contributed by atoms with Crippen molar-refractivity contribution in [1.82, 2.24) is 9.88 Å². The first kappa shape index (κ1) is 21.9. The molecule has 5 nitrogen and oxygen atoms in total. The molecule has 1 aromatic heterocycles. The van der Waals surface area contributed by atoms with Gasteiger partial charge in [-0.15, -0.1) is 0 Å². The molecule has 0 radical (unpaired) electrons. The van der Waals surface area contributed by atoms with Gasteiger partial charge in [0.05, 0.1) is 12.2 Å². The number of ether oxygens (including phenoxy) is 1. The molecule has 0 spiro atoms. The maximum Gasteiger partial charge on any atom is 0.337 e. The van der Waals surface area contributed by atoms with Gasteiger partial charge in [0.15, 0.2) is 0 Å². The molecule has 0 amide bonds. The minimum Gasteiger partial charge on any atom is -0.494 e. The zero-order valence-electron chi connectivity index (χ0n) is 17.5. The fraction of sp³-hybridized carbons (Fsp3) is 0.292. The summed E-state index contributed by atoms with van der Waals surface area (Å²) >= 11 is 6.12. The lowest BCUT2D eigenvalue weighted by Crippen LogP contribution is -2.16. The van der Waals surface area contributed by atoms with Crippen molar-refractivity contribution in [1.29, 1.82) is 0 Å². The predicted molar refractivity (Wildman–Crippen MR) is 120 cm³/mol. The van der Waals surface area contributed by atoms with E-state index >= 15 is 0 Å². The standard InChI is InChI=1S/C24H27ClN2O3/c1-4-30-22-11-6-5-9-19(22)13-26-14-21-16(2)27(17(3)23(21)24(28)29)15-18-8-7-10-20(25)12-18/h5-12,26H,4,13-15H2,1-3H3,(H,28,29). The van der Waals surface area contributed by atoms with Gasteiger partial charge in [-0.05, 0) is 44.5 Å². The fourth-order valence-electron chi connectivity index (χ4n) is 3.77. The minimum absolute atomic E-state index is 0.361. The molecule has 30 heavy (non-hydrogen) atoms. The smallest absolute Gasteiger partial charge is 0.337 e. The molecule has 3 rings (SSSR count). The molecule has 0 atom stereocenters. The number of hydrogen-bond donors (Lipinski definition) is 2. The van der Waals surface area contributed by atoms with Crippen LogP contribution >= 0.6 is 11.6 Å². The predicted octanol–water partition coefficient (Wildman–Crippen LogP) is 5.19. The molecular weight excluding hydrogens is 400 g/mol. The SMILES string of the molecule is CCOc1ccccc1CNCc1c(C(=O)O)c(C)n(Cc2cccc(Cl)c2)c1C. The van der Waals surface area contributed by atoms with Crippen molar-refractivity contribution in [2.45, 2.75) is 40.4 Å². The van der Waals surface area contributed by atoms with Gasteiger partial charge in [-0.25, -0.2) is 4.79 Å². The molecule has 0 aliphatic carbocycles. The Balaban J connectivity index is 1.83. The largest absolute Gasteiger partial charge is 0.494 e. The normalized spacial score (nSPS) is 10.9. The maximum atomic E-state index is 12.0. The molecule has 0 fully saturated rings. The highest BCUT2D eigenvalue weighted by Crippen LogP contribution is 2.25. The van der Waals surface area contributed by atoms with Crippen molar-refractivity contribution >= 4 is 17.6 Å². The highest BCUT2D eigenvalue weighted by atomic mass is 35.5. The Morgan fingerprint density at radius 1 is 1.10 bits per heavy atom. The lowest BCUT2D eigenvalue weighted by molar-refractivity contribution is 0.0694. The first-order valence-corrected chi connectivity index (χ1v) is 10.4. The van der Waals surface area contributed by atoms with Crippen LogP contribution in [0.2, 0.25) is 5.02 Å². The van der Waals surface area contributed by atoms with E-state index in [1.807, 2.05) is 73.9 Å². The van der Waals surface area contributed by atoms with E-state index in [0.717, 1.165) is 33.8 Å². The van der Waals surface area contributed by atoms with Crippen LogP contribution in [0.4, 0.5) is 0 Å². The lowest BCUT2D eigenvalue weighted by Gasteiger charge is -2.12. The third-order valence-electron chi connectivity index (χ3n) is 5.24. The second-order valence-electron chi connectivity index (χ2n) is 7.19. The number of aromatic carboxylic acids is 1. The number of carboxylic acid groups (broad SMARTS) is 1. The number of benzene rings is 2. The summed E-state index contributed by atoms with van der Waals surface area (Å²) in [5.74, 6) is -0.0654. The van der Waals surface area contributed by atoms with E-state index < -0.39 is 5.97 Å². The maximum absolute atomic E-state index is 12.0. The lowest BCUT2D eigenvalue weighted by atomic mass is 10.1. The van der Waals surface area contributed by atoms with Gasteiger partial charge in [0.2, 0.25) is 0 Å². The molecule has 2 N–H and O–H groups in total. The summed E-state index contributed by atoms with van der Waals surface area (Å²) in [5.41, 5.74) is 4.92. The Morgan fingerprint density at radius 2 is 1.87 bits per heavy atom. The zero-order valence-corrected chi connectivity index (χ0v) is 18.3. The van der Waals surface area contributed by atoms with Crippen LogP contribution in [-0.2, 0) is 19.6 Å². The van der Waals surface area contributed by atoms with Crippen LogP contribution in [0.15, 0.2) is 48.5 Å². The van der Waals surface area contributed by atoms with Crippen LogP contribution in [0.25, 0.3) is 0 Å². The van der Waals surface area contributed by atoms with Crippen LogP contribution in [0.1, 0.15) is 45.4 Å². The van der Waals surface area contributed by atoms with Gasteiger partial charge in [0, 0.05) is 47.2 Å². The van der Waals surface area contributed by atoms with Gasteiger partial charge in [-0.2, -0.15) is 0 Å². The Labute approximate surface area is 182 Å². The molecule has 0 bridgehead atoms. The van der Waals surface area contributed by atoms with Gasteiger partial charge >= 0.3 is 5.97 Å². The summed E-state index contributed by atoms with van der Waals surface area (Å²) < 4.78 is 7.72. The van der Waals surface area contributed by atoms with Crippen molar-refractivity contribution in [2.75, 3.05) is 6.61 Å². The van der Waals surface area contributed by atoms with Crippen molar-refractivity contribution in [3.63, 3.8) is 0 Å². The van der Waals surface area contributed by atoms with E-state index in [2.05, 4.69) is 5.32 Å². The summed E-state index contributed by atoms with van der Waals surface area (Å²) in [4.78, 5) is 12.0. The van der Waals surface area contributed by atoms with Crippen molar-refractivity contribution in [3.8, 4) is 5.75 Å². The molecule has 0 aliphatic rings. The minimum atomic E-state index is -0.910. The third kappa shape index (κ3) is 4.86. The Bertz CT molecular complexity index is 1040.